The summed E-state index contributed by atoms with van der Waals surface area (Å²) in [7, 11) is -8.15. The van der Waals surface area contributed by atoms with Crippen LogP contribution in [0.1, 0.15) is 20.8 Å². The first-order chi connectivity index (χ1) is 10.6. The maximum atomic E-state index is 12.5. The molecule has 1 aliphatic carbocycles. The minimum atomic E-state index is -5.79. The first-order valence-corrected chi connectivity index (χ1v) is 11.6. The molecule has 0 amide bonds. The highest BCUT2D eigenvalue weighted by molar-refractivity contribution is 7.87. The molecule has 1 fully saturated rings. The van der Waals surface area contributed by atoms with Crippen LogP contribution in [0.15, 0.2) is 11.8 Å². The number of hydrogen-bond donors (Lipinski definition) is 1. The molecular weight excluding hydrogens is 369 g/mol. The van der Waals surface area contributed by atoms with Crippen molar-refractivity contribution in [1.82, 2.24) is 0 Å². The second kappa shape index (κ2) is 5.69. The summed E-state index contributed by atoms with van der Waals surface area (Å²) in [6.07, 6.45) is -2.85. The summed E-state index contributed by atoms with van der Waals surface area (Å²) in [5.74, 6) is -0.494. The third-order valence-electron chi connectivity index (χ3n) is 4.53. The van der Waals surface area contributed by atoms with E-state index in [4.69, 9.17) is 9.16 Å². The monoisotopic (exact) mass is 390 g/mol. The zero-order valence-electron chi connectivity index (χ0n) is 13.9. The second-order valence-corrected chi connectivity index (χ2v) is 13.7. The fourth-order valence-corrected chi connectivity index (χ4v) is 3.76. The Labute approximate surface area is 139 Å². The maximum absolute atomic E-state index is 12.5. The normalized spacial score (nSPS) is 31.3. The summed E-state index contributed by atoms with van der Waals surface area (Å²) >= 11 is 0. The lowest BCUT2D eigenvalue weighted by atomic mass is 10.0. The van der Waals surface area contributed by atoms with Gasteiger partial charge in [-0.25, -0.2) is 0 Å². The van der Waals surface area contributed by atoms with E-state index in [2.05, 4.69) is 4.18 Å². The van der Waals surface area contributed by atoms with Crippen molar-refractivity contribution in [3.05, 3.63) is 11.8 Å². The van der Waals surface area contributed by atoms with E-state index in [0.29, 0.717) is 0 Å². The summed E-state index contributed by atoms with van der Waals surface area (Å²) in [5.41, 5.74) is -5.54. The fourth-order valence-electron chi connectivity index (χ4n) is 2.02. The van der Waals surface area contributed by atoms with E-state index in [9.17, 15) is 26.7 Å². The number of aliphatic hydroxyl groups is 1. The van der Waals surface area contributed by atoms with Gasteiger partial charge in [0.05, 0.1) is 6.10 Å². The maximum Gasteiger partial charge on any atom is 0.534 e. The summed E-state index contributed by atoms with van der Waals surface area (Å²) < 4.78 is 75.0. The number of epoxide rings is 1. The van der Waals surface area contributed by atoms with Crippen LogP contribution >= 0.6 is 0 Å². The molecule has 0 aromatic carbocycles. The minimum absolute atomic E-state index is 0.207. The van der Waals surface area contributed by atoms with Crippen molar-refractivity contribution in [3.63, 3.8) is 0 Å². The molecule has 4 atom stereocenters. The molecule has 0 aromatic rings. The summed E-state index contributed by atoms with van der Waals surface area (Å²) in [4.78, 5) is 0. The van der Waals surface area contributed by atoms with Crippen LogP contribution in [0.25, 0.3) is 0 Å². The van der Waals surface area contributed by atoms with E-state index in [-0.39, 0.29) is 5.04 Å². The smallest absolute Gasteiger partial charge is 0.408 e. The molecule has 1 saturated heterocycles. The molecule has 0 unspecified atom stereocenters. The molecule has 6 nitrogen and oxygen atoms in total. The lowest BCUT2D eigenvalue weighted by molar-refractivity contribution is -0.0526. The van der Waals surface area contributed by atoms with Gasteiger partial charge in [-0.3, -0.25) is 0 Å². The number of hydrogen-bond acceptors (Lipinski definition) is 6. The topological polar surface area (TPSA) is 85.4 Å². The minimum Gasteiger partial charge on any atom is -0.408 e. The van der Waals surface area contributed by atoms with Gasteiger partial charge in [-0.05, 0) is 24.2 Å². The molecule has 140 valence electrons. The summed E-state index contributed by atoms with van der Waals surface area (Å²) in [6, 6.07) is 0. The Bertz CT molecular complexity index is 637. The van der Waals surface area contributed by atoms with Gasteiger partial charge in [0.25, 0.3) is 0 Å². The molecule has 1 heterocycles. The lowest BCUT2D eigenvalue weighted by Gasteiger charge is -2.40. The van der Waals surface area contributed by atoms with Gasteiger partial charge >= 0.3 is 15.6 Å². The Kier molecular flexibility index (Phi) is 4.67. The van der Waals surface area contributed by atoms with Crippen LogP contribution in [0, 0.1) is 0 Å². The van der Waals surface area contributed by atoms with Gasteiger partial charge in [0.15, 0.2) is 8.32 Å². The SMILES string of the molecule is CC(C)(C)[Si](C)(C)O[C@@H]1C=C(OS(=O)(=O)C(F)(F)F)[C@H]2O[C@H]2[C@@H]1O. The van der Waals surface area contributed by atoms with Crippen LogP contribution in [-0.2, 0) is 23.5 Å². The third-order valence-corrected chi connectivity index (χ3v) is 9.99. The average molecular weight is 390 g/mol. The van der Waals surface area contributed by atoms with Crippen LogP contribution in [0.5, 0.6) is 0 Å². The molecule has 0 bridgehead atoms. The van der Waals surface area contributed by atoms with Gasteiger partial charge in [-0.2, -0.15) is 21.6 Å². The number of aliphatic hydroxyl groups excluding tert-OH is 1. The zero-order valence-corrected chi connectivity index (χ0v) is 15.7. The van der Waals surface area contributed by atoms with Crippen molar-refractivity contribution in [2.24, 2.45) is 0 Å². The van der Waals surface area contributed by atoms with Gasteiger partial charge in [-0.15, -0.1) is 0 Å². The molecule has 0 spiro atoms. The zero-order chi connectivity index (χ0) is 18.7. The first kappa shape index (κ1) is 19.7. The fraction of sp³-hybridized carbons (Fsp3) is 0.846. The van der Waals surface area contributed by atoms with Crippen LogP contribution in [0.3, 0.4) is 0 Å². The van der Waals surface area contributed by atoms with Crippen molar-refractivity contribution in [3.8, 4) is 0 Å². The Hall–Kier alpha value is -0.623. The average Bonchev–Trinajstić information content (AvgIpc) is 3.12. The number of ether oxygens (including phenoxy) is 1. The molecule has 0 aromatic heterocycles. The van der Waals surface area contributed by atoms with Gasteiger partial charge in [0.1, 0.15) is 24.1 Å². The van der Waals surface area contributed by atoms with Crippen molar-refractivity contribution in [2.75, 3.05) is 0 Å². The summed E-state index contributed by atoms with van der Waals surface area (Å²) in [5, 5.41) is 9.98. The molecule has 11 heteroatoms. The van der Waals surface area contributed by atoms with Crippen LogP contribution in [0.4, 0.5) is 13.2 Å². The first-order valence-electron chi connectivity index (χ1n) is 7.31. The lowest BCUT2D eigenvalue weighted by Crippen LogP contribution is -2.49. The van der Waals surface area contributed by atoms with Gasteiger partial charge in [0.2, 0.25) is 0 Å². The number of alkyl halides is 3. The molecule has 24 heavy (non-hydrogen) atoms. The highest BCUT2D eigenvalue weighted by atomic mass is 32.2. The Morgan fingerprint density at radius 1 is 1.25 bits per heavy atom. The predicted octanol–water partition coefficient (Wildman–Crippen LogP) is 2.27. The Morgan fingerprint density at radius 2 is 1.79 bits per heavy atom. The quantitative estimate of drug-likeness (QED) is 0.343. The van der Waals surface area contributed by atoms with Crippen LogP contribution < -0.4 is 0 Å². The van der Waals surface area contributed by atoms with E-state index in [1.165, 1.54) is 0 Å². The van der Waals surface area contributed by atoms with E-state index in [1.807, 2.05) is 33.9 Å². The standard InChI is InChI=1S/C13H21F3O6SSi/c1-12(2,3)24(4,5)22-7-6-8(10-11(20-10)9(7)17)21-23(18,19)13(14,15)16/h6-7,9-11,17H,1-5H3/t7-,9-,10-,11+/m1/s1. The van der Waals surface area contributed by atoms with Crippen molar-refractivity contribution >= 4 is 18.4 Å². The van der Waals surface area contributed by atoms with Gasteiger partial charge in [-0.1, -0.05) is 20.8 Å². The molecular formula is C13H21F3O6SSi. The Morgan fingerprint density at radius 3 is 2.25 bits per heavy atom. The molecule has 1 aliphatic heterocycles. The highest BCUT2D eigenvalue weighted by Crippen LogP contribution is 2.44. The molecule has 1 N–H and O–H groups in total. The van der Waals surface area contributed by atoms with Gasteiger partial charge < -0.3 is 18.5 Å². The van der Waals surface area contributed by atoms with Crippen molar-refractivity contribution in [1.29, 1.82) is 0 Å². The predicted molar refractivity (Wildman–Crippen MR) is 80.9 cm³/mol. The number of fused-ring (bicyclic) bond motifs is 1. The van der Waals surface area contributed by atoms with Crippen molar-refractivity contribution in [2.45, 2.75) is 68.8 Å². The van der Waals surface area contributed by atoms with E-state index in [1.54, 1.807) is 0 Å². The van der Waals surface area contributed by atoms with E-state index >= 15 is 0 Å². The summed E-state index contributed by atoms with van der Waals surface area (Å²) in [6.45, 7) is 9.68. The van der Waals surface area contributed by atoms with Crippen LogP contribution in [-0.4, -0.2) is 51.8 Å². The van der Waals surface area contributed by atoms with Crippen LogP contribution in [0.2, 0.25) is 18.1 Å². The second-order valence-electron chi connectivity index (χ2n) is 7.41. The molecule has 0 saturated carbocycles. The molecule has 0 radical (unpaired) electrons. The molecule has 2 aliphatic rings. The largest absolute Gasteiger partial charge is 0.534 e. The van der Waals surface area contributed by atoms with Crippen molar-refractivity contribution < 1.29 is 40.0 Å². The number of halogens is 3. The highest BCUT2D eigenvalue weighted by Gasteiger charge is 2.58. The Balaban J connectivity index is 2.25. The van der Waals surface area contributed by atoms with E-state index in [0.717, 1.165) is 6.08 Å². The third kappa shape index (κ3) is 3.64. The molecule has 2 rings (SSSR count). The number of rotatable bonds is 4. The van der Waals surface area contributed by atoms with Gasteiger partial charge in [0, 0.05) is 0 Å². The van der Waals surface area contributed by atoms with E-state index < -0.39 is 54.1 Å².